The first kappa shape index (κ1) is 31.8. The molecule has 0 amide bonds. The van der Waals surface area contributed by atoms with Crippen molar-refractivity contribution in [2.75, 3.05) is 0 Å². The Kier molecular flexibility index (Phi) is 9.61. The van der Waals surface area contributed by atoms with Gasteiger partial charge in [-0.05, 0) is 64.9 Å². The summed E-state index contributed by atoms with van der Waals surface area (Å²) in [6.07, 6.45) is 0.440. The van der Waals surface area contributed by atoms with Crippen LogP contribution in [0.25, 0.3) is 33.4 Å². The van der Waals surface area contributed by atoms with E-state index in [0.717, 1.165) is 37.0 Å². The van der Waals surface area contributed by atoms with Gasteiger partial charge in [-0.2, -0.15) is 8.78 Å². The van der Waals surface area contributed by atoms with Crippen LogP contribution in [0.3, 0.4) is 0 Å². The van der Waals surface area contributed by atoms with Gasteiger partial charge in [0.05, 0.1) is 11.1 Å². The van der Waals surface area contributed by atoms with Crippen LogP contribution in [0.1, 0.15) is 42.9 Å². The summed E-state index contributed by atoms with van der Waals surface area (Å²) in [4.78, 5) is 0. The summed E-state index contributed by atoms with van der Waals surface area (Å²) in [6, 6.07) is 22.3. The monoisotopic (exact) mass is 622 g/mol. The summed E-state index contributed by atoms with van der Waals surface area (Å²) in [5.74, 6) is -4.73. The van der Waals surface area contributed by atoms with E-state index in [4.69, 9.17) is 0 Å². The topological polar surface area (TPSA) is 9.23 Å². The molecule has 1 nitrogen and oxygen atoms in total. The molecule has 0 aliphatic heterocycles. The Morgan fingerprint density at radius 3 is 1.69 bits per heavy atom. The first-order valence-corrected chi connectivity index (χ1v) is 14.5. The summed E-state index contributed by atoms with van der Waals surface area (Å²) in [6.45, 7) is 0.716. The average Bonchev–Trinajstić information content (AvgIpc) is 3.01. The molecule has 0 aromatic heterocycles. The van der Waals surface area contributed by atoms with E-state index in [1.807, 2.05) is 24.3 Å². The number of aryl methyl sites for hydroxylation is 1. The van der Waals surface area contributed by atoms with Crippen molar-refractivity contribution < 1.29 is 35.5 Å². The second kappa shape index (κ2) is 13.6. The number of rotatable bonds is 11. The molecule has 0 saturated carbocycles. The van der Waals surface area contributed by atoms with Gasteiger partial charge < -0.3 is 4.74 Å². The highest BCUT2D eigenvalue weighted by atomic mass is 19.3. The molecule has 0 saturated heterocycles. The van der Waals surface area contributed by atoms with Crippen LogP contribution < -0.4 is 4.74 Å². The van der Waals surface area contributed by atoms with Crippen LogP contribution in [0.15, 0.2) is 97.1 Å². The van der Waals surface area contributed by atoms with Gasteiger partial charge in [-0.25, -0.2) is 22.0 Å². The third-order valence-corrected chi connectivity index (χ3v) is 7.63. The lowest BCUT2D eigenvalue weighted by Gasteiger charge is -2.19. The highest BCUT2D eigenvalue weighted by molar-refractivity contribution is 5.74. The van der Waals surface area contributed by atoms with Crippen molar-refractivity contribution >= 4 is 0 Å². The first-order valence-electron chi connectivity index (χ1n) is 14.5. The Labute approximate surface area is 256 Å². The molecule has 8 heteroatoms. The maximum atomic E-state index is 15.2. The third-order valence-electron chi connectivity index (χ3n) is 7.63. The second-order valence-electron chi connectivity index (χ2n) is 10.7. The van der Waals surface area contributed by atoms with E-state index in [2.05, 4.69) is 11.7 Å². The smallest absolute Gasteiger partial charge is 0.426 e. The molecule has 0 aliphatic carbocycles. The number of alkyl halides is 3. The molecule has 45 heavy (non-hydrogen) atoms. The fourth-order valence-electron chi connectivity index (χ4n) is 5.11. The van der Waals surface area contributed by atoms with Crippen LogP contribution in [0.5, 0.6) is 5.75 Å². The third kappa shape index (κ3) is 7.22. The lowest BCUT2D eigenvalue weighted by atomic mass is 9.96. The van der Waals surface area contributed by atoms with Gasteiger partial charge in [-0.3, -0.25) is 0 Å². The molecule has 0 N–H and O–H groups in total. The van der Waals surface area contributed by atoms with Crippen LogP contribution >= 0.6 is 0 Å². The number of hydrogen-bond donors (Lipinski definition) is 0. The Morgan fingerprint density at radius 1 is 0.578 bits per heavy atom. The maximum absolute atomic E-state index is 15.2. The number of benzene rings is 5. The zero-order valence-corrected chi connectivity index (χ0v) is 24.3. The van der Waals surface area contributed by atoms with E-state index >= 15 is 8.78 Å². The number of halogens is 7. The van der Waals surface area contributed by atoms with Gasteiger partial charge in [0, 0.05) is 23.3 Å². The number of unbranched alkanes of at least 4 members (excludes halogenated alkanes) is 2. The molecule has 0 radical (unpaired) electrons. The minimum absolute atomic E-state index is 0.0940. The summed E-state index contributed by atoms with van der Waals surface area (Å²) in [5, 5.41) is 0. The zero-order valence-electron chi connectivity index (χ0n) is 24.3. The Bertz CT molecular complexity index is 1760. The fourth-order valence-corrected chi connectivity index (χ4v) is 5.11. The van der Waals surface area contributed by atoms with Crippen molar-refractivity contribution in [3.8, 4) is 39.1 Å². The van der Waals surface area contributed by atoms with Crippen molar-refractivity contribution in [3.05, 3.63) is 137 Å². The Balaban J connectivity index is 1.31. The fraction of sp³-hybridized carbons (Fsp3) is 0.189. The highest BCUT2D eigenvalue weighted by Crippen LogP contribution is 2.36. The molecule has 0 aliphatic rings. The summed E-state index contributed by atoms with van der Waals surface area (Å²) in [7, 11) is 0. The molecular weight excluding hydrogens is 593 g/mol. The quantitative estimate of drug-likeness (QED) is 0.105. The predicted molar refractivity (Wildman–Crippen MR) is 162 cm³/mol. The number of ether oxygens (including phenoxy) is 1. The largest absolute Gasteiger partial charge is 0.429 e. The number of hydrogen-bond acceptors (Lipinski definition) is 1. The molecule has 0 atom stereocenters. The molecule has 5 aromatic rings. The molecule has 5 aromatic carbocycles. The average molecular weight is 623 g/mol. The van der Waals surface area contributed by atoms with E-state index in [-0.39, 0.29) is 16.7 Å². The second-order valence-corrected chi connectivity index (χ2v) is 10.7. The summed E-state index contributed by atoms with van der Waals surface area (Å²) in [5.41, 5.74) is 2.12. The van der Waals surface area contributed by atoms with Crippen LogP contribution in [0.4, 0.5) is 30.7 Å². The van der Waals surface area contributed by atoms with Gasteiger partial charge in [0.15, 0.2) is 0 Å². The zero-order chi connectivity index (χ0) is 32.1. The van der Waals surface area contributed by atoms with Crippen molar-refractivity contribution in [1.29, 1.82) is 0 Å². The molecule has 5 rings (SSSR count). The first-order chi connectivity index (χ1) is 21.6. The minimum atomic E-state index is -4.00. The predicted octanol–water partition coefficient (Wildman–Crippen LogP) is 11.6. The standard InChI is InChI=1S/C37H29F7O/c1-2-3-4-5-23-6-8-24(9-7-23)26-12-16-31(33(39)18-26)27-13-17-30(34(40)19-27)25-10-14-28(15-11-25)37(43,44)45-29-20-35(41)32(22-38)36(42)21-29/h6-21H,2-5,22H2,1H3. The summed E-state index contributed by atoms with van der Waals surface area (Å²) >= 11 is 0. The van der Waals surface area contributed by atoms with E-state index in [0.29, 0.717) is 23.3 Å². The van der Waals surface area contributed by atoms with Crippen LogP contribution in [0, 0.1) is 23.3 Å². The van der Waals surface area contributed by atoms with E-state index in [1.165, 1.54) is 48.4 Å². The van der Waals surface area contributed by atoms with Crippen LogP contribution in [0.2, 0.25) is 0 Å². The van der Waals surface area contributed by atoms with Crippen molar-refractivity contribution in [3.63, 3.8) is 0 Å². The SMILES string of the molecule is CCCCCc1ccc(-c2ccc(-c3ccc(-c4ccc(C(F)(F)Oc5cc(F)c(CF)c(F)c5)cc4)c(F)c3)c(F)c2)cc1. The van der Waals surface area contributed by atoms with E-state index in [9.17, 15) is 22.0 Å². The van der Waals surface area contributed by atoms with Gasteiger partial charge in [-0.1, -0.05) is 80.4 Å². The van der Waals surface area contributed by atoms with Gasteiger partial charge >= 0.3 is 6.11 Å². The van der Waals surface area contributed by atoms with Gasteiger partial charge in [0.1, 0.15) is 35.7 Å². The molecule has 0 spiro atoms. The molecular formula is C37H29F7O. The molecule has 232 valence electrons. The van der Waals surface area contributed by atoms with E-state index < -0.39 is 52.9 Å². The maximum Gasteiger partial charge on any atom is 0.426 e. The van der Waals surface area contributed by atoms with Crippen molar-refractivity contribution in [2.45, 2.75) is 45.4 Å². The lowest BCUT2D eigenvalue weighted by Crippen LogP contribution is -2.22. The molecule has 0 heterocycles. The van der Waals surface area contributed by atoms with Crippen molar-refractivity contribution in [1.82, 2.24) is 0 Å². The highest BCUT2D eigenvalue weighted by Gasteiger charge is 2.35. The minimum Gasteiger partial charge on any atom is -0.429 e. The van der Waals surface area contributed by atoms with Crippen LogP contribution in [-0.2, 0) is 19.2 Å². The van der Waals surface area contributed by atoms with Crippen molar-refractivity contribution in [2.24, 2.45) is 0 Å². The Morgan fingerprint density at radius 2 is 1.11 bits per heavy atom. The molecule has 0 bridgehead atoms. The normalized spacial score (nSPS) is 11.6. The Hall–Kier alpha value is -4.59. The van der Waals surface area contributed by atoms with E-state index in [1.54, 1.807) is 12.1 Å². The van der Waals surface area contributed by atoms with Gasteiger partial charge in [0.2, 0.25) is 0 Å². The lowest BCUT2D eigenvalue weighted by molar-refractivity contribution is -0.185. The molecule has 0 unspecified atom stereocenters. The molecule has 0 fully saturated rings. The van der Waals surface area contributed by atoms with Gasteiger partial charge in [-0.15, -0.1) is 0 Å². The summed E-state index contributed by atoms with van der Waals surface area (Å²) < 4.78 is 105. The van der Waals surface area contributed by atoms with Gasteiger partial charge in [0.25, 0.3) is 0 Å². The van der Waals surface area contributed by atoms with Crippen LogP contribution in [-0.4, -0.2) is 0 Å².